The molecule has 2 amide bonds. The second-order valence-corrected chi connectivity index (χ2v) is 7.27. The highest BCUT2D eigenvalue weighted by molar-refractivity contribution is 5.96. The summed E-state index contributed by atoms with van der Waals surface area (Å²) in [7, 11) is 0. The third kappa shape index (κ3) is 4.39. The summed E-state index contributed by atoms with van der Waals surface area (Å²) in [6, 6.07) is 11.8. The molecule has 0 bridgehead atoms. The van der Waals surface area contributed by atoms with Gasteiger partial charge in [-0.15, -0.1) is 0 Å². The number of carboxylic acids is 1. The smallest absolute Gasteiger partial charge is 0.330 e. The highest BCUT2D eigenvalue weighted by Crippen LogP contribution is 2.27. The van der Waals surface area contributed by atoms with Crippen LogP contribution in [0.25, 0.3) is 0 Å². The van der Waals surface area contributed by atoms with Gasteiger partial charge in [0.2, 0.25) is 11.8 Å². The summed E-state index contributed by atoms with van der Waals surface area (Å²) in [5, 5.41) is 15.0. The Morgan fingerprint density at radius 2 is 1.93 bits per heavy atom. The first kappa shape index (κ1) is 19.6. The Labute approximate surface area is 164 Å². The maximum absolute atomic E-state index is 12.4. The van der Waals surface area contributed by atoms with E-state index in [0.717, 1.165) is 22.4 Å². The number of amides is 2. The van der Waals surface area contributed by atoms with E-state index in [1.807, 2.05) is 44.2 Å². The number of hydrogen-bond acceptors (Lipinski definition) is 3. The zero-order valence-corrected chi connectivity index (χ0v) is 16.0. The van der Waals surface area contributed by atoms with E-state index >= 15 is 0 Å². The molecule has 1 aliphatic rings. The average molecular weight is 380 g/mol. The van der Waals surface area contributed by atoms with E-state index in [1.165, 1.54) is 0 Å². The van der Waals surface area contributed by atoms with Crippen LogP contribution in [0.1, 0.15) is 41.1 Å². The lowest BCUT2D eigenvalue weighted by atomic mass is 9.89. The topological polar surface area (TPSA) is 95.5 Å². The van der Waals surface area contributed by atoms with Crippen molar-refractivity contribution in [1.82, 2.24) is 5.32 Å². The van der Waals surface area contributed by atoms with Gasteiger partial charge in [-0.05, 0) is 55.0 Å². The maximum Gasteiger partial charge on any atom is 0.330 e. The number of hydrogen-bond donors (Lipinski definition) is 3. The standard InChI is InChI=1S/C22H24N2O4/c1-13-7-8-16(11-14(13)2)20(22(27)28)24-19(25)10-9-17-12-15-5-3-4-6-18(15)23-21(17)26/h3-8,11,17,20H,9-10,12H2,1-2H3,(H,23,26)(H,24,25)(H,27,28). The van der Waals surface area contributed by atoms with Gasteiger partial charge in [-0.2, -0.15) is 0 Å². The lowest BCUT2D eigenvalue weighted by molar-refractivity contribution is -0.142. The molecule has 6 nitrogen and oxygen atoms in total. The van der Waals surface area contributed by atoms with Crippen LogP contribution in [0, 0.1) is 19.8 Å². The third-order valence-corrected chi connectivity index (χ3v) is 5.25. The molecular formula is C22H24N2O4. The summed E-state index contributed by atoms with van der Waals surface area (Å²) in [5.41, 5.74) is 4.42. The van der Waals surface area contributed by atoms with Gasteiger partial charge in [0, 0.05) is 18.0 Å². The number of anilines is 1. The van der Waals surface area contributed by atoms with Crippen molar-refractivity contribution in [2.45, 2.75) is 39.2 Å². The molecule has 2 aromatic rings. The van der Waals surface area contributed by atoms with Gasteiger partial charge in [0.25, 0.3) is 0 Å². The number of carboxylic acid groups (broad SMARTS) is 1. The number of carbonyl (C=O) groups is 3. The molecule has 3 N–H and O–H groups in total. The minimum absolute atomic E-state index is 0.0921. The number of aliphatic carboxylic acids is 1. The maximum atomic E-state index is 12.4. The van der Waals surface area contributed by atoms with E-state index in [-0.39, 0.29) is 24.2 Å². The molecule has 0 saturated heterocycles. The Morgan fingerprint density at radius 1 is 1.18 bits per heavy atom. The van der Waals surface area contributed by atoms with E-state index in [0.29, 0.717) is 18.4 Å². The SMILES string of the molecule is Cc1ccc(C(NC(=O)CCC2Cc3ccccc3NC2=O)C(=O)O)cc1C. The number of aryl methyl sites for hydroxylation is 2. The Balaban J connectivity index is 1.62. The van der Waals surface area contributed by atoms with Gasteiger partial charge >= 0.3 is 5.97 Å². The highest BCUT2D eigenvalue weighted by Gasteiger charge is 2.27. The fraction of sp³-hybridized carbons (Fsp3) is 0.318. The molecule has 0 aromatic heterocycles. The summed E-state index contributed by atoms with van der Waals surface area (Å²) < 4.78 is 0. The molecule has 1 aliphatic heterocycles. The molecule has 2 unspecified atom stereocenters. The van der Waals surface area contributed by atoms with Crippen LogP contribution in [0.4, 0.5) is 5.69 Å². The monoisotopic (exact) mass is 380 g/mol. The molecule has 2 atom stereocenters. The van der Waals surface area contributed by atoms with Crippen molar-refractivity contribution >= 4 is 23.5 Å². The summed E-state index contributed by atoms with van der Waals surface area (Å²) in [6.45, 7) is 3.85. The Bertz CT molecular complexity index is 923. The summed E-state index contributed by atoms with van der Waals surface area (Å²) >= 11 is 0. The molecule has 0 saturated carbocycles. The molecule has 0 aliphatic carbocycles. The summed E-state index contributed by atoms with van der Waals surface area (Å²) in [5.74, 6) is -1.89. The molecule has 2 aromatic carbocycles. The molecular weight excluding hydrogens is 356 g/mol. The first-order chi connectivity index (χ1) is 13.3. The molecule has 146 valence electrons. The van der Waals surface area contributed by atoms with Crippen LogP contribution in [-0.4, -0.2) is 22.9 Å². The molecule has 0 spiro atoms. The van der Waals surface area contributed by atoms with Crippen LogP contribution in [0.3, 0.4) is 0 Å². The van der Waals surface area contributed by atoms with Crippen LogP contribution in [0.2, 0.25) is 0 Å². The second-order valence-electron chi connectivity index (χ2n) is 7.27. The van der Waals surface area contributed by atoms with E-state index in [9.17, 15) is 19.5 Å². The second kappa shape index (κ2) is 8.25. The molecule has 3 rings (SSSR count). The predicted molar refractivity (Wildman–Crippen MR) is 106 cm³/mol. The average Bonchev–Trinajstić information content (AvgIpc) is 2.66. The summed E-state index contributed by atoms with van der Waals surface area (Å²) in [6.07, 6.45) is 1.04. The van der Waals surface area contributed by atoms with Crippen molar-refractivity contribution in [3.05, 3.63) is 64.7 Å². The predicted octanol–water partition coefficient (Wildman–Crippen LogP) is 3.14. The van der Waals surface area contributed by atoms with Gasteiger partial charge < -0.3 is 15.7 Å². The molecule has 1 heterocycles. The highest BCUT2D eigenvalue weighted by atomic mass is 16.4. The number of para-hydroxylation sites is 1. The van der Waals surface area contributed by atoms with Gasteiger partial charge in [-0.1, -0.05) is 36.4 Å². The number of benzene rings is 2. The van der Waals surface area contributed by atoms with Gasteiger partial charge in [0.05, 0.1) is 0 Å². The van der Waals surface area contributed by atoms with Crippen LogP contribution in [0.15, 0.2) is 42.5 Å². The first-order valence-corrected chi connectivity index (χ1v) is 9.33. The fourth-order valence-corrected chi connectivity index (χ4v) is 3.42. The van der Waals surface area contributed by atoms with Crippen molar-refractivity contribution in [2.24, 2.45) is 5.92 Å². The van der Waals surface area contributed by atoms with Gasteiger partial charge in [-0.3, -0.25) is 9.59 Å². The van der Waals surface area contributed by atoms with Crippen LogP contribution < -0.4 is 10.6 Å². The molecule has 0 fully saturated rings. The number of fused-ring (bicyclic) bond motifs is 1. The van der Waals surface area contributed by atoms with E-state index in [2.05, 4.69) is 10.6 Å². The Kier molecular flexibility index (Phi) is 5.78. The van der Waals surface area contributed by atoms with E-state index in [4.69, 9.17) is 0 Å². The fourth-order valence-electron chi connectivity index (χ4n) is 3.42. The lowest BCUT2D eigenvalue weighted by Crippen LogP contribution is -2.35. The van der Waals surface area contributed by atoms with Crippen LogP contribution in [-0.2, 0) is 20.8 Å². The van der Waals surface area contributed by atoms with Crippen LogP contribution in [0.5, 0.6) is 0 Å². The van der Waals surface area contributed by atoms with Gasteiger partial charge in [-0.25, -0.2) is 4.79 Å². The normalized spacial score (nSPS) is 16.6. The first-order valence-electron chi connectivity index (χ1n) is 9.33. The quantitative estimate of drug-likeness (QED) is 0.717. The van der Waals surface area contributed by atoms with Crippen molar-refractivity contribution < 1.29 is 19.5 Å². The molecule has 0 radical (unpaired) electrons. The van der Waals surface area contributed by atoms with E-state index < -0.39 is 12.0 Å². The Hall–Kier alpha value is -3.15. The zero-order chi connectivity index (χ0) is 20.3. The molecule has 6 heteroatoms. The number of rotatable bonds is 6. The third-order valence-electron chi connectivity index (χ3n) is 5.25. The van der Waals surface area contributed by atoms with Crippen LogP contribution >= 0.6 is 0 Å². The van der Waals surface area contributed by atoms with Gasteiger partial charge in [0.15, 0.2) is 6.04 Å². The largest absolute Gasteiger partial charge is 0.479 e. The minimum Gasteiger partial charge on any atom is -0.479 e. The number of nitrogens with one attached hydrogen (secondary N) is 2. The van der Waals surface area contributed by atoms with Crippen molar-refractivity contribution in [3.8, 4) is 0 Å². The molecule has 28 heavy (non-hydrogen) atoms. The van der Waals surface area contributed by atoms with Crippen molar-refractivity contribution in [1.29, 1.82) is 0 Å². The van der Waals surface area contributed by atoms with Crippen molar-refractivity contribution in [3.63, 3.8) is 0 Å². The van der Waals surface area contributed by atoms with E-state index in [1.54, 1.807) is 12.1 Å². The Morgan fingerprint density at radius 3 is 2.64 bits per heavy atom. The van der Waals surface area contributed by atoms with Gasteiger partial charge in [0.1, 0.15) is 0 Å². The lowest BCUT2D eigenvalue weighted by Gasteiger charge is -2.24. The minimum atomic E-state index is -1.11. The van der Waals surface area contributed by atoms with Crippen molar-refractivity contribution in [2.75, 3.05) is 5.32 Å². The summed E-state index contributed by atoms with van der Waals surface area (Å²) in [4.78, 5) is 36.3. The number of carbonyl (C=O) groups excluding carboxylic acids is 2. The zero-order valence-electron chi connectivity index (χ0n) is 16.0.